The molecule has 0 radical (unpaired) electrons. The number of carbonyl (C=O) groups is 1. The molecule has 0 aliphatic carbocycles. The quantitative estimate of drug-likeness (QED) is 0.302. The third-order valence-corrected chi connectivity index (χ3v) is 6.09. The first kappa shape index (κ1) is 24.7. The Morgan fingerprint density at radius 2 is 1.55 bits per heavy atom. The fourth-order valence-corrected chi connectivity index (χ4v) is 4.12. The molecule has 172 valence electrons. The molecular weight excluding hydrogens is 424 g/mol. The van der Waals surface area contributed by atoms with Crippen LogP contribution in [-0.4, -0.2) is 10.9 Å². The van der Waals surface area contributed by atoms with Gasteiger partial charge < -0.3 is 10.6 Å². The van der Waals surface area contributed by atoms with Gasteiger partial charge in [0, 0.05) is 16.8 Å². The highest BCUT2D eigenvalue weighted by molar-refractivity contribution is 7.80. The molecule has 4 heteroatoms. The fourth-order valence-electron chi connectivity index (χ4n) is 3.87. The number of rotatable bonds is 6. The van der Waals surface area contributed by atoms with Crippen LogP contribution in [0, 0.1) is 12.8 Å². The normalized spacial score (nSPS) is 12.3. The van der Waals surface area contributed by atoms with Gasteiger partial charge in [-0.2, -0.15) is 0 Å². The Morgan fingerprint density at radius 3 is 2.15 bits per heavy atom. The zero-order valence-electron chi connectivity index (χ0n) is 20.4. The Bertz CT molecular complexity index is 1130. The summed E-state index contributed by atoms with van der Waals surface area (Å²) < 4.78 is 0. The summed E-state index contributed by atoms with van der Waals surface area (Å²) in [4.78, 5) is 13.1. The van der Waals surface area contributed by atoms with Gasteiger partial charge in [-0.25, -0.2) is 0 Å². The predicted octanol–water partition coefficient (Wildman–Crippen LogP) is 7.21. The Morgan fingerprint density at radius 1 is 0.879 bits per heavy atom. The van der Waals surface area contributed by atoms with Crippen LogP contribution in [0.4, 0.5) is 5.69 Å². The van der Waals surface area contributed by atoms with Crippen LogP contribution in [-0.2, 0) is 5.41 Å². The van der Waals surface area contributed by atoms with Crippen LogP contribution in [0.5, 0.6) is 0 Å². The van der Waals surface area contributed by atoms with Crippen LogP contribution in [0.25, 0.3) is 0 Å². The van der Waals surface area contributed by atoms with Crippen molar-refractivity contribution in [1.29, 1.82) is 0 Å². The average Bonchev–Trinajstić information content (AvgIpc) is 2.77. The van der Waals surface area contributed by atoms with E-state index >= 15 is 0 Å². The first-order valence-corrected chi connectivity index (χ1v) is 11.9. The lowest BCUT2D eigenvalue weighted by molar-refractivity contribution is 0.103. The summed E-state index contributed by atoms with van der Waals surface area (Å²) in [6.45, 7) is 13.0. The second-order valence-corrected chi connectivity index (χ2v) is 10.3. The minimum Gasteiger partial charge on any atom is -0.355 e. The highest BCUT2D eigenvalue weighted by Gasteiger charge is 2.19. The van der Waals surface area contributed by atoms with Gasteiger partial charge in [0.15, 0.2) is 10.9 Å². The van der Waals surface area contributed by atoms with Crippen LogP contribution in [0.3, 0.4) is 0 Å². The van der Waals surface area contributed by atoms with Crippen molar-refractivity contribution in [2.75, 3.05) is 5.32 Å². The summed E-state index contributed by atoms with van der Waals surface area (Å²) in [7, 11) is 0. The number of nitrogens with one attached hydrogen (secondary N) is 2. The van der Waals surface area contributed by atoms with Crippen molar-refractivity contribution in [3.8, 4) is 0 Å². The fraction of sp³-hybridized carbons (Fsp3) is 0.310. The molecule has 0 fully saturated rings. The third kappa shape index (κ3) is 6.29. The lowest BCUT2D eigenvalue weighted by Crippen LogP contribution is -2.35. The molecule has 0 saturated heterocycles. The van der Waals surface area contributed by atoms with E-state index in [1.165, 1.54) is 16.7 Å². The van der Waals surface area contributed by atoms with Crippen LogP contribution in [0.2, 0.25) is 0 Å². The molecule has 0 unspecified atom stereocenters. The first-order chi connectivity index (χ1) is 15.6. The topological polar surface area (TPSA) is 41.1 Å². The second kappa shape index (κ2) is 10.3. The molecule has 0 spiro atoms. The largest absolute Gasteiger partial charge is 0.355 e. The van der Waals surface area contributed by atoms with E-state index in [0.717, 1.165) is 5.69 Å². The Balaban J connectivity index is 1.73. The maximum Gasteiger partial charge on any atom is 0.193 e. The van der Waals surface area contributed by atoms with Crippen molar-refractivity contribution in [3.63, 3.8) is 0 Å². The minimum absolute atomic E-state index is 0.00189. The van der Waals surface area contributed by atoms with Crippen LogP contribution in [0.15, 0.2) is 72.8 Å². The highest BCUT2D eigenvalue weighted by atomic mass is 32.1. The molecule has 0 saturated carbocycles. The van der Waals surface area contributed by atoms with Crippen LogP contribution < -0.4 is 10.6 Å². The molecule has 3 rings (SSSR count). The Hall–Kier alpha value is -2.98. The molecule has 2 N–H and O–H groups in total. The van der Waals surface area contributed by atoms with E-state index in [1.54, 1.807) is 0 Å². The van der Waals surface area contributed by atoms with E-state index in [0.29, 0.717) is 22.2 Å². The molecule has 3 aromatic rings. The third-order valence-electron chi connectivity index (χ3n) is 5.87. The molecule has 33 heavy (non-hydrogen) atoms. The van der Waals surface area contributed by atoms with Gasteiger partial charge in [0.2, 0.25) is 0 Å². The van der Waals surface area contributed by atoms with Crippen molar-refractivity contribution in [1.82, 2.24) is 5.32 Å². The number of carbonyl (C=O) groups excluding carboxylic acids is 1. The van der Waals surface area contributed by atoms with Crippen LogP contribution in [0.1, 0.15) is 73.3 Å². The van der Waals surface area contributed by atoms with E-state index in [1.807, 2.05) is 54.6 Å². The molecule has 0 aliphatic heterocycles. The maximum absolute atomic E-state index is 13.1. The van der Waals surface area contributed by atoms with Crippen LogP contribution >= 0.6 is 12.2 Å². The number of hydrogen-bond donors (Lipinski definition) is 2. The summed E-state index contributed by atoms with van der Waals surface area (Å²) >= 11 is 5.62. The van der Waals surface area contributed by atoms with Gasteiger partial charge in [0.1, 0.15) is 0 Å². The van der Waals surface area contributed by atoms with E-state index < -0.39 is 0 Å². The summed E-state index contributed by atoms with van der Waals surface area (Å²) in [5.41, 5.74) is 5.83. The smallest absolute Gasteiger partial charge is 0.193 e. The summed E-state index contributed by atoms with van der Waals surface area (Å²) in [6.07, 6.45) is 0. The molecule has 0 aromatic heterocycles. The number of aryl methyl sites for hydroxylation is 1. The number of hydrogen-bond acceptors (Lipinski definition) is 2. The molecule has 3 nitrogen and oxygen atoms in total. The zero-order chi connectivity index (χ0) is 24.2. The van der Waals surface area contributed by atoms with Crippen molar-refractivity contribution in [3.05, 3.63) is 101 Å². The molecule has 0 aliphatic rings. The van der Waals surface area contributed by atoms with Gasteiger partial charge in [-0.1, -0.05) is 95.3 Å². The highest BCUT2D eigenvalue weighted by Crippen LogP contribution is 2.26. The lowest BCUT2D eigenvalue weighted by atomic mass is 9.86. The second-order valence-electron chi connectivity index (χ2n) is 9.91. The maximum atomic E-state index is 13.1. The first-order valence-electron chi connectivity index (χ1n) is 11.4. The summed E-state index contributed by atoms with van der Waals surface area (Å²) in [5.74, 6) is 0.354. The van der Waals surface area contributed by atoms with Crippen molar-refractivity contribution in [2.24, 2.45) is 5.92 Å². The Kier molecular flexibility index (Phi) is 7.70. The van der Waals surface area contributed by atoms with Crippen molar-refractivity contribution in [2.45, 2.75) is 53.0 Å². The van der Waals surface area contributed by atoms with E-state index in [-0.39, 0.29) is 17.2 Å². The van der Waals surface area contributed by atoms with Crippen molar-refractivity contribution < 1.29 is 4.79 Å². The Labute approximate surface area is 203 Å². The van der Waals surface area contributed by atoms with Gasteiger partial charge in [-0.3, -0.25) is 4.79 Å². The summed E-state index contributed by atoms with van der Waals surface area (Å²) in [6, 6.07) is 23.8. The number of thiocarbonyl (C=S) groups is 1. The van der Waals surface area contributed by atoms with Gasteiger partial charge >= 0.3 is 0 Å². The van der Waals surface area contributed by atoms with Gasteiger partial charge in [0.25, 0.3) is 0 Å². The monoisotopic (exact) mass is 458 g/mol. The van der Waals surface area contributed by atoms with Gasteiger partial charge in [-0.15, -0.1) is 0 Å². The molecule has 0 heterocycles. The number of ketones is 1. The zero-order valence-corrected chi connectivity index (χ0v) is 21.2. The lowest BCUT2D eigenvalue weighted by Gasteiger charge is -2.26. The van der Waals surface area contributed by atoms with E-state index in [2.05, 4.69) is 70.4 Å². The van der Waals surface area contributed by atoms with Crippen molar-refractivity contribution >= 4 is 28.8 Å². The minimum atomic E-state index is -0.00189. The average molecular weight is 459 g/mol. The standard InChI is InChI=1S/C29H34N2OS/c1-19(2)26(25-13-8-7-10-20(25)3)31-28(33)30-24-12-9-11-22(18-24)27(32)21-14-16-23(17-15-21)29(4,5)6/h7-19,26H,1-6H3,(H2,30,31,33)/t26-/m1/s1. The molecule has 1 atom stereocenters. The van der Waals surface area contributed by atoms with E-state index in [4.69, 9.17) is 12.2 Å². The van der Waals surface area contributed by atoms with E-state index in [9.17, 15) is 4.79 Å². The molecular formula is C29H34N2OS. The number of benzene rings is 3. The van der Waals surface area contributed by atoms with Gasteiger partial charge in [-0.05, 0) is 59.3 Å². The molecule has 3 aromatic carbocycles. The van der Waals surface area contributed by atoms with Gasteiger partial charge in [0.05, 0.1) is 6.04 Å². The SMILES string of the molecule is Cc1ccccc1[C@H](NC(=S)Nc1cccc(C(=O)c2ccc(C(C)(C)C)cc2)c1)C(C)C. The molecule has 0 bridgehead atoms. The molecule has 0 amide bonds. The number of anilines is 1. The summed E-state index contributed by atoms with van der Waals surface area (Å²) in [5, 5.41) is 7.26. The predicted molar refractivity (Wildman–Crippen MR) is 143 cm³/mol.